The van der Waals surface area contributed by atoms with Crippen molar-refractivity contribution in [2.24, 2.45) is 0 Å². The first-order chi connectivity index (χ1) is 10.8. The zero-order valence-corrected chi connectivity index (χ0v) is 13.7. The maximum absolute atomic E-state index is 12.7. The number of nitrogens with one attached hydrogen (secondary N) is 3. The molecule has 128 valence electrons. The third-order valence-electron chi connectivity index (χ3n) is 2.69. The third kappa shape index (κ3) is 9.34. The zero-order valence-electron chi connectivity index (χ0n) is 13.7. The number of ether oxygens (including phenoxy) is 1. The second-order valence-electron chi connectivity index (χ2n) is 5.99. The van der Waals surface area contributed by atoms with Crippen LogP contribution in [0.15, 0.2) is 24.3 Å². The summed E-state index contributed by atoms with van der Waals surface area (Å²) in [6, 6.07) is 5.81. The molecule has 3 amide bonds. The van der Waals surface area contributed by atoms with E-state index in [0.717, 1.165) is 5.56 Å². The van der Waals surface area contributed by atoms with Gasteiger partial charge < -0.3 is 20.7 Å². The smallest absolute Gasteiger partial charge is 0.407 e. The lowest BCUT2D eigenvalue weighted by Gasteiger charge is -2.19. The van der Waals surface area contributed by atoms with Gasteiger partial charge in [-0.25, -0.2) is 14.0 Å². The molecule has 0 radical (unpaired) electrons. The molecule has 0 saturated carbocycles. The standard InChI is InChI=1S/C16H24FN3O3/c1-16(2,3)23-15(22)20-11-10-19-14(21)18-9-8-12-4-6-13(17)7-5-12/h4-7H,8-11H2,1-3H3,(H,20,22)(H2,18,19,21). The van der Waals surface area contributed by atoms with E-state index in [2.05, 4.69) is 16.0 Å². The molecule has 0 aliphatic rings. The maximum atomic E-state index is 12.7. The average Bonchev–Trinajstić information content (AvgIpc) is 2.44. The predicted octanol–water partition coefficient (Wildman–Crippen LogP) is 2.19. The summed E-state index contributed by atoms with van der Waals surface area (Å²) < 4.78 is 17.8. The summed E-state index contributed by atoms with van der Waals surface area (Å²) >= 11 is 0. The van der Waals surface area contributed by atoms with Gasteiger partial charge in [0.1, 0.15) is 11.4 Å². The van der Waals surface area contributed by atoms with Gasteiger partial charge in [-0.15, -0.1) is 0 Å². The zero-order chi connectivity index (χ0) is 17.3. The monoisotopic (exact) mass is 325 g/mol. The van der Waals surface area contributed by atoms with Crippen LogP contribution < -0.4 is 16.0 Å². The topological polar surface area (TPSA) is 79.5 Å². The summed E-state index contributed by atoms with van der Waals surface area (Å²) in [6.07, 6.45) is 0.0974. The Labute approximate surface area is 135 Å². The number of hydrogen-bond donors (Lipinski definition) is 3. The van der Waals surface area contributed by atoms with Gasteiger partial charge >= 0.3 is 12.1 Å². The minimum absolute atomic E-state index is 0.278. The molecule has 0 atom stereocenters. The molecule has 7 heteroatoms. The van der Waals surface area contributed by atoms with Crippen molar-refractivity contribution in [3.63, 3.8) is 0 Å². The fourth-order valence-electron chi connectivity index (χ4n) is 1.69. The lowest BCUT2D eigenvalue weighted by atomic mass is 10.1. The van der Waals surface area contributed by atoms with Crippen LogP contribution in [0.5, 0.6) is 0 Å². The minimum Gasteiger partial charge on any atom is -0.444 e. The Hall–Kier alpha value is -2.31. The third-order valence-corrected chi connectivity index (χ3v) is 2.69. The molecule has 1 aromatic carbocycles. The predicted molar refractivity (Wildman–Crippen MR) is 85.7 cm³/mol. The fourth-order valence-corrected chi connectivity index (χ4v) is 1.69. The van der Waals surface area contributed by atoms with E-state index < -0.39 is 11.7 Å². The highest BCUT2D eigenvalue weighted by atomic mass is 19.1. The van der Waals surface area contributed by atoms with E-state index in [-0.39, 0.29) is 18.4 Å². The van der Waals surface area contributed by atoms with Crippen LogP contribution in [0.25, 0.3) is 0 Å². The van der Waals surface area contributed by atoms with E-state index in [1.807, 2.05) is 0 Å². The van der Waals surface area contributed by atoms with E-state index in [9.17, 15) is 14.0 Å². The van der Waals surface area contributed by atoms with E-state index in [1.54, 1.807) is 32.9 Å². The summed E-state index contributed by atoms with van der Waals surface area (Å²) in [5.74, 6) is -0.281. The molecule has 3 N–H and O–H groups in total. The molecule has 0 aliphatic carbocycles. The van der Waals surface area contributed by atoms with Gasteiger partial charge in [0.15, 0.2) is 0 Å². The molecule has 1 aromatic rings. The largest absolute Gasteiger partial charge is 0.444 e. The average molecular weight is 325 g/mol. The van der Waals surface area contributed by atoms with Crippen molar-refractivity contribution in [1.82, 2.24) is 16.0 Å². The van der Waals surface area contributed by atoms with Gasteiger partial charge in [0.25, 0.3) is 0 Å². The number of alkyl carbamates (subject to hydrolysis) is 1. The Bertz CT molecular complexity index is 512. The molecule has 1 rings (SSSR count). The molecule has 0 fully saturated rings. The van der Waals surface area contributed by atoms with E-state index >= 15 is 0 Å². The van der Waals surface area contributed by atoms with Crippen LogP contribution in [0.4, 0.5) is 14.0 Å². The Balaban J connectivity index is 2.08. The Kier molecular flexibility index (Phi) is 7.31. The minimum atomic E-state index is -0.546. The van der Waals surface area contributed by atoms with Crippen molar-refractivity contribution < 1.29 is 18.7 Å². The van der Waals surface area contributed by atoms with Crippen molar-refractivity contribution in [3.05, 3.63) is 35.6 Å². The second kappa shape index (κ2) is 8.97. The molecule has 0 saturated heterocycles. The molecule has 0 bridgehead atoms. The van der Waals surface area contributed by atoms with Gasteiger partial charge in [0, 0.05) is 19.6 Å². The molecule has 23 heavy (non-hydrogen) atoms. The molecule has 6 nitrogen and oxygen atoms in total. The fraction of sp³-hybridized carbons (Fsp3) is 0.500. The Morgan fingerprint density at radius 1 is 1.00 bits per heavy atom. The highest BCUT2D eigenvalue weighted by Crippen LogP contribution is 2.06. The highest BCUT2D eigenvalue weighted by molar-refractivity contribution is 5.74. The number of urea groups is 1. The van der Waals surface area contributed by atoms with Gasteiger partial charge in [-0.05, 0) is 44.9 Å². The second-order valence-corrected chi connectivity index (χ2v) is 5.99. The lowest BCUT2D eigenvalue weighted by molar-refractivity contribution is 0.0528. The number of carbonyl (C=O) groups excluding carboxylic acids is 2. The first-order valence-electron chi connectivity index (χ1n) is 7.49. The Morgan fingerprint density at radius 2 is 1.57 bits per heavy atom. The number of rotatable bonds is 6. The van der Waals surface area contributed by atoms with Gasteiger partial charge in [-0.3, -0.25) is 0 Å². The number of hydrogen-bond acceptors (Lipinski definition) is 3. The molecule has 0 unspecified atom stereocenters. The van der Waals surface area contributed by atoms with E-state index in [4.69, 9.17) is 4.74 Å². The first kappa shape index (κ1) is 18.7. The summed E-state index contributed by atoms with van der Waals surface area (Å²) in [7, 11) is 0. The summed E-state index contributed by atoms with van der Waals surface area (Å²) in [5, 5.41) is 7.84. The van der Waals surface area contributed by atoms with Crippen LogP contribution in [-0.2, 0) is 11.2 Å². The normalized spacial score (nSPS) is 10.8. The number of benzene rings is 1. The van der Waals surface area contributed by atoms with Crippen LogP contribution in [0.3, 0.4) is 0 Å². The number of amides is 3. The summed E-state index contributed by atoms with van der Waals surface area (Å²) in [4.78, 5) is 22.9. The molecule has 0 aliphatic heterocycles. The SMILES string of the molecule is CC(C)(C)OC(=O)NCCNC(=O)NCCc1ccc(F)cc1. The van der Waals surface area contributed by atoms with Crippen LogP contribution in [0.1, 0.15) is 26.3 Å². The van der Waals surface area contributed by atoms with Gasteiger partial charge in [0.2, 0.25) is 0 Å². The first-order valence-corrected chi connectivity index (χ1v) is 7.49. The molecular weight excluding hydrogens is 301 g/mol. The highest BCUT2D eigenvalue weighted by Gasteiger charge is 2.15. The van der Waals surface area contributed by atoms with Crippen molar-refractivity contribution >= 4 is 12.1 Å². The molecule has 0 aromatic heterocycles. The van der Waals surface area contributed by atoms with Crippen molar-refractivity contribution in [1.29, 1.82) is 0 Å². The molecule has 0 heterocycles. The lowest BCUT2D eigenvalue weighted by Crippen LogP contribution is -2.41. The van der Waals surface area contributed by atoms with Crippen LogP contribution in [0.2, 0.25) is 0 Å². The summed E-state index contributed by atoms with van der Waals surface area (Å²) in [6.45, 7) is 6.34. The van der Waals surface area contributed by atoms with Gasteiger partial charge in [-0.1, -0.05) is 12.1 Å². The quantitative estimate of drug-likeness (QED) is 0.702. The maximum Gasteiger partial charge on any atom is 0.407 e. The number of halogens is 1. The Morgan fingerprint density at radius 3 is 2.17 bits per heavy atom. The van der Waals surface area contributed by atoms with Crippen LogP contribution in [0, 0.1) is 5.82 Å². The van der Waals surface area contributed by atoms with E-state index in [0.29, 0.717) is 19.5 Å². The van der Waals surface area contributed by atoms with Crippen molar-refractivity contribution in [2.75, 3.05) is 19.6 Å². The summed E-state index contributed by atoms with van der Waals surface area (Å²) in [5.41, 5.74) is 0.396. The van der Waals surface area contributed by atoms with Gasteiger partial charge in [-0.2, -0.15) is 0 Å². The number of carbonyl (C=O) groups is 2. The van der Waals surface area contributed by atoms with Crippen molar-refractivity contribution in [3.8, 4) is 0 Å². The van der Waals surface area contributed by atoms with Crippen LogP contribution >= 0.6 is 0 Å². The van der Waals surface area contributed by atoms with E-state index in [1.165, 1.54) is 12.1 Å². The van der Waals surface area contributed by atoms with Crippen LogP contribution in [-0.4, -0.2) is 37.4 Å². The van der Waals surface area contributed by atoms with Crippen molar-refractivity contribution in [2.45, 2.75) is 32.8 Å². The van der Waals surface area contributed by atoms with Gasteiger partial charge in [0.05, 0.1) is 0 Å². The molecule has 0 spiro atoms. The molecular formula is C16H24FN3O3.